The molecule has 0 aliphatic heterocycles. The molecule has 4 heteroatoms. The largest absolute Gasteiger partial charge is 0.497 e. The highest BCUT2D eigenvalue weighted by molar-refractivity contribution is 5.37. The van der Waals surface area contributed by atoms with Crippen molar-refractivity contribution >= 4 is 0 Å². The van der Waals surface area contributed by atoms with Crippen molar-refractivity contribution in [1.29, 1.82) is 0 Å². The predicted molar refractivity (Wildman–Crippen MR) is 70.3 cm³/mol. The van der Waals surface area contributed by atoms with Crippen molar-refractivity contribution in [1.82, 2.24) is 5.32 Å². The lowest BCUT2D eigenvalue weighted by molar-refractivity contribution is 0.413. The van der Waals surface area contributed by atoms with Crippen LogP contribution in [0.15, 0.2) is 42.5 Å². The van der Waals surface area contributed by atoms with Crippen molar-refractivity contribution in [2.75, 3.05) is 14.2 Å². The fraction of sp³-hybridized carbons (Fsp3) is 0.200. The first-order valence-electron chi connectivity index (χ1n) is 5.92. The molecular weight excluding hydrogens is 248 g/mol. The highest BCUT2D eigenvalue weighted by Gasteiger charge is 2.17. The van der Waals surface area contributed by atoms with Crippen LogP contribution in [0.4, 0.5) is 8.78 Å². The molecule has 2 nitrogen and oxygen atoms in total. The minimum Gasteiger partial charge on any atom is -0.497 e. The molecule has 0 radical (unpaired) electrons. The standard InChI is InChI=1S/C15H15F2NO/c1-18-15(10-4-3-5-12(8-10)19-2)13-9-11(16)6-7-14(13)17/h3-9,15,18H,1-2H3. The molecule has 0 bridgehead atoms. The first-order chi connectivity index (χ1) is 9.15. The van der Waals surface area contributed by atoms with E-state index < -0.39 is 17.7 Å². The van der Waals surface area contributed by atoms with E-state index in [9.17, 15) is 8.78 Å². The Morgan fingerprint density at radius 1 is 1.11 bits per heavy atom. The maximum absolute atomic E-state index is 13.8. The van der Waals surface area contributed by atoms with Crippen LogP contribution >= 0.6 is 0 Å². The Morgan fingerprint density at radius 3 is 2.58 bits per heavy atom. The van der Waals surface area contributed by atoms with Crippen LogP contribution in [0.3, 0.4) is 0 Å². The van der Waals surface area contributed by atoms with Gasteiger partial charge in [0.2, 0.25) is 0 Å². The number of benzene rings is 2. The van der Waals surface area contributed by atoms with Crippen LogP contribution in [0.25, 0.3) is 0 Å². The van der Waals surface area contributed by atoms with Gasteiger partial charge in [0.1, 0.15) is 17.4 Å². The van der Waals surface area contributed by atoms with Gasteiger partial charge >= 0.3 is 0 Å². The van der Waals surface area contributed by atoms with Gasteiger partial charge in [-0.15, -0.1) is 0 Å². The third-order valence-electron chi connectivity index (χ3n) is 2.98. The van der Waals surface area contributed by atoms with Crippen LogP contribution in [-0.4, -0.2) is 14.2 Å². The molecule has 0 heterocycles. The third-order valence-corrected chi connectivity index (χ3v) is 2.98. The molecule has 2 rings (SSSR count). The number of hydrogen-bond acceptors (Lipinski definition) is 2. The van der Waals surface area contributed by atoms with E-state index in [1.54, 1.807) is 26.3 Å². The van der Waals surface area contributed by atoms with Gasteiger partial charge in [-0.05, 0) is 42.9 Å². The van der Waals surface area contributed by atoms with E-state index in [1.165, 1.54) is 6.07 Å². The molecule has 0 saturated heterocycles. The van der Waals surface area contributed by atoms with E-state index >= 15 is 0 Å². The monoisotopic (exact) mass is 263 g/mol. The van der Waals surface area contributed by atoms with Gasteiger partial charge in [0.15, 0.2) is 0 Å². The van der Waals surface area contributed by atoms with Gasteiger partial charge in [-0.3, -0.25) is 0 Å². The van der Waals surface area contributed by atoms with E-state index in [0.29, 0.717) is 5.75 Å². The van der Waals surface area contributed by atoms with Crippen molar-refractivity contribution in [2.45, 2.75) is 6.04 Å². The summed E-state index contributed by atoms with van der Waals surface area (Å²) in [6.45, 7) is 0. The quantitative estimate of drug-likeness (QED) is 0.914. The molecule has 0 saturated carbocycles. The number of methoxy groups -OCH3 is 1. The number of ether oxygens (including phenoxy) is 1. The summed E-state index contributed by atoms with van der Waals surface area (Å²) in [5.41, 5.74) is 1.09. The maximum Gasteiger partial charge on any atom is 0.128 e. The number of nitrogens with one attached hydrogen (secondary N) is 1. The zero-order chi connectivity index (χ0) is 13.8. The summed E-state index contributed by atoms with van der Waals surface area (Å²) in [7, 11) is 3.27. The lowest BCUT2D eigenvalue weighted by Gasteiger charge is -2.18. The average Bonchev–Trinajstić information content (AvgIpc) is 2.44. The maximum atomic E-state index is 13.8. The molecule has 2 aromatic rings. The molecule has 0 aliphatic carbocycles. The smallest absolute Gasteiger partial charge is 0.128 e. The van der Waals surface area contributed by atoms with Gasteiger partial charge in [-0.25, -0.2) is 8.78 Å². The zero-order valence-electron chi connectivity index (χ0n) is 10.8. The average molecular weight is 263 g/mol. The minimum atomic E-state index is -0.459. The van der Waals surface area contributed by atoms with E-state index in [4.69, 9.17) is 4.74 Å². The molecule has 0 aromatic heterocycles. The van der Waals surface area contributed by atoms with Gasteiger partial charge in [-0.2, -0.15) is 0 Å². The Kier molecular flexibility index (Phi) is 4.12. The van der Waals surface area contributed by atoms with Crippen molar-refractivity contribution in [2.24, 2.45) is 0 Å². The summed E-state index contributed by atoms with van der Waals surface area (Å²) in [5, 5.41) is 2.99. The van der Waals surface area contributed by atoms with Gasteiger partial charge in [-0.1, -0.05) is 12.1 Å². The number of rotatable bonds is 4. The molecule has 1 unspecified atom stereocenters. The molecule has 0 fully saturated rings. The Balaban J connectivity index is 2.46. The normalized spacial score (nSPS) is 12.2. The minimum absolute atomic E-state index is 0.274. The first kappa shape index (κ1) is 13.5. The Labute approximate surface area is 111 Å². The summed E-state index contributed by atoms with van der Waals surface area (Å²) in [6, 6.07) is 10.3. The van der Waals surface area contributed by atoms with Crippen LogP contribution in [-0.2, 0) is 0 Å². The molecule has 100 valence electrons. The Hall–Kier alpha value is -1.94. The topological polar surface area (TPSA) is 21.3 Å². The number of hydrogen-bond donors (Lipinski definition) is 1. The van der Waals surface area contributed by atoms with Crippen LogP contribution in [0.1, 0.15) is 17.2 Å². The summed E-state index contributed by atoms with van der Waals surface area (Å²) in [4.78, 5) is 0. The lowest BCUT2D eigenvalue weighted by Crippen LogP contribution is -2.19. The van der Waals surface area contributed by atoms with Gasteiger partial charge < -0.3 is 10.1 Å². The third kappa shape index (κ3) is 2.90. The van der Waals surface area contributed by atoms with Gasteiger partial charge in [0, 0.05) is 5.56 Å². The van der Waals surface area contributed by atoms with Crippen molar-refractivity contribution in [3.8, 4) is 5.75 Å². The van der Waals surface area contributed by atoms with Crippen LogP contribution in [0, 0.1) is 11.6 Å². The predicted octanol–water partition coefficient (Wildman–Crippen LogP) is 3.28. The summed E-state index contributed by atoms with van der Waals surface area (Å²) >= 11 is 0. The second-order valence-corrected chi connectivity index (χ2v) is 4.16. The molecule has 0 aliphatic rings. The van der Waals surface area contributed by atoms with Crippen molar-refractivity contribution in [3.63, 3.8) is 0 Å². The summed E-state index contributed by atoms with van der Waals surface area (Å²) < 4.78 is 32.3. The Morgan fingerprint density at radius 2 is 1.89 bits per heavy atom. The fourth-order valence-corrected chi connectivity index (χ4v) is 2.06. The van der Waals surface area contributed by atoms with E-state index in [1.807, 2.05) is 12.1 Å². The molecule has 19 heavy (non-hydrogen) atoms. The molecule has 2 aromatic carbocycles. The van der Waals surface area contributed by atoms with Gasteiger partial charge in [0.25, 0.3) is 0 Å². The van der Waals surface area contributed by atoms with Crippen LogP contribution < -0.4 is 10.1 Å². The molecule has 0 spiro atoms. The first-order valence-corrected chi connectivity index (χ1v) is 5.92. The van der Waals surface area contributed by atoms with Crippen molar-refractivity contribution < 1.29 is 13.5 Å². The zero-order valence-corrected chi connectivity index (χ0v) is 10.8. The SMILES string of the molecule is CNC(c1cccc(OC)c1)c1cc(F)ccc1F. The highest BCUT2D eigenvalue weighted by atomic mass is 19.1. The van der Waals surface area contributed by atoms with Crippen molar-refractivity contribution in [3.05, 3.63) is 65.2 Å². The Bertz CT molecular complexity index is 572. The number of halogens is 2. The van der Waals surface area contributed by atoms with Crippen LogP contribution in [0.5, 0.6) is 5.75 Å². The lowest BCUT2D eigenvalue weighted by atomic mass is 9.98. The summed E-state index contributed by atoms with van der Waals surface area (Å²) in [6.07, 6.45) is 0. The van der Waals surface area contributed by atoms with E-state index in [2.05, 4.69) is 5.32 Å². The fourth-order valence-electron chi connectivity index (χ4n) is 2.06. The second-order valence-electron chi connectivity index (χ2n) is 4.16. The second kappa shape index (κ2) is 5.80. The van der Waals surface area contributed by atoms with Gasteiger partial charge in [0.05, 0.1) is 13.2 Å². The summed E-state index contributed by atoms with van der Waals surface area (Å²) in [5.74, 6) is -0.224. The molecule has 1 atom stereocenters. The molecule has 1 N–H and O–H groups in total. The van der Waals surface area contributed by atoms with E-state index in [0.717, 1.165) is 17.7 Å². The highest BCUT2D eigenvalue weighted by Crippen LogP contribution is 2.27. The molecule has 0 amide bonds. The van der Waals surface area contributed by atoms with E-state index in [-0.39, 0.29) is 5.56 Å². The van der Waals surface area contributed by atoms with Crippen LogP contribution in [0.2, 0.25) is 0 Å². The molecular formula is C15H15F2NO.